The first kappa shape index (κ1) is 31.5. The van der Waals surface area contributed by atoms with Crippen LogP contribution in [-0.2, 0) is 0 Å². The van der Waals surface area contributed by atoms with Crippen molar-refractivity contribution in [3.05, 3.63) is 188 Å². The summed E-state index contributed by atoms with van der Waals surface area (Å²) in [6.45, 7) is 0. The van der Waals surface area contributed by atoms with Crippen molar-refractivity contribution in [2.75, 3.05) is 0 Å². The van der Waals surface area contributed by atoms with E-state index < -0.39 is 0 Å². The Bertz CT molecular complexity index is 3510. The highest BCUT2D eigenvalue weighted by Crippen LogP contribution is 2.42. The summed E-state index contributed by atoms with van der Waals surface area (Å²) in [7, 11) is 0. The first-order chi connectivity index (χ1) is 28.3. The second-order valence-electron chi connectivity index (χ2n) is 14.4. The summed E-state index contributed by atoms with van der Waals surface area (Å²) in [5, 5.41) is 6.80. The number of hydrogen-bond donors (Lipinski definition) is 0. The fourth-order valence-corrected chi connectivity index (χ4v) is 8.64. The van der Waals surface area contributed by atoms with Gasteiger partial charge in [-0.1, -0.05) is 133 Å². The second kappa shape index (κ2) is 12.3. The van der Waals surface area contributed by atoms with Gasteiger partial charge in [-0.2, -0.15) is 9.97 Å². The van der Waals surface area contributed by atoms with Crippen molar-refractivity contribution in [1.29, 1.82) is 0 Å². The highest BCUT2D eigenvalue weighted by molar-refractivity contribution is 6.19. The molecular formula is C51H31N5O. The number of nitrogens with zero attached hydrogens (tertiary/aromatic N) is 5. The Morgan fingerprint density at radius 2 is 0.895 bits per heavy atom. The predicted octanol–water partition coefficient (Wildman–Crippen LogP) is 13.0. The summed E-state index contributed by atoms with van der Waals surface area (Å²) in [6.07, 6.45) is 0. The molecule has 0 bridgehead atoms. The van der Waals surface area contributed by atoms with Gasteiger partial charge >= 0.3 is 0 Å². The lowest BCUT2D eigenvalue weighted by molar-refractivity contribution is 0.669. The summed E-state index contributed by atoms with van der Waals surface area (Å²) in [6, 6.07) is 65.5. The number of rotatable bonds is 5. The molecule has 0 saturated carbocycles. The zero-order valence-corrected chi connectivity index (χ0v) is 30.5. The van der Waals surface area contributed by atoms with Crippen LogP contribution in [0.25, 0.3) is 111 Å². The van der Waals surface area contributed by atoms with Gasteiger partial charge in [0, 0.05) is 49.1 Å². The summed E-state index contributed by atoms with van der Waals surface area (Å²) in [5.41, 5.74) is 10.9. The maximum absolute atomic E-state index is 6.54. The van der Waals surface area contributed by atoms with Crippen molar-refractivity contribution in [1.82, 2.24) is 24.1 Å². The van der Waals surface area contributed by atoms with E-state index in [1.54, 1.807) is 0 Å². The second-order valence-corrected chi connectivity index (χ2v) is 14.4. The number of aromatic nitrogens is 5. The standard InChI is InChI=1S/C51H31N5O/c1-4-16-32(17-5-1)39-28-34(29-47-48(39)38-24-12-15-27-46(38)57-47)50-52-49(33-18-6-2-7-19-33)53-51(54-50)56-43-26-14-11-23-37(43)41-30-40-36-22-10-13-25-42(36)55(44(40)31-45(41)56)35-20-8-3-9-21-35/h1-31H. The lowest BCUT2D eigenvalue weighted by atomic mass is 9.97. The molecule has 0 saturated heterocycles. The van der Waals surface area contributed by atoms with E-state index in [0.717, 1.165) is 82.7 Å². The van der Waals surface area contributed by atoms with Gasteiger partial charge in [0.2, 0.25) is 5.95 Å². The van der Waals surface area contributed by atoms with Crippen LogP contribution in [-0.4, -0.2) is 24.1 Å². The normalized spacial score (nSPS) is 11.9. The van der Waals surface area contributed by atoms with Gasteiger partial charge in [0.1, 0.15) is 11.2 Å². The fraction of sp³-hybridized carbons (Fsp3) is 0. The zero-order valence-electron chi connectivity index (χ0n) is 30.5. The van der Waals surface area contributed by atoms with Crippen molar-refractivity contribution in [2.24, 2.45) is 0 Å². The third kappa shape index (κ3) is 4.87. The predicted molar refractivity (Wildman–Crippen MR) is 232 cm³/mol. The van der Waals surface area contributed by atoms with E-state index in [1.165, 1.54) is 10.8 Å². The van der Waals surface area contributed by atoms with E-state index in [1.807, 2.05) is 36.4 Å². The molecule has 0 spiro atoms. The van der Waals surface area contributed by atoms with Crippen LogP contribution in [0.1, 0.15) is 0 Å². The first-order valence-corrected chi connectivity index (χ1v) is 19.1. The molecule has 6 nitrogen and oxygen atoms in total. The van der Waals surface area contributed by atoms with Crippen molar-refractivity contribution in [2.45, 2.75) is 0 Å². The Hall–Kier alpha value is -7.83. The zero-order chi connectivity index (χ0) is 37.5. The van der Waals surface area contributed by atoms with Crippen LogP contribution in [0.4, 0.5) is 0 Å². The molecule has 12 aromatic rings. The minimum absolute atomic E-state index is 0.540. The molecule has 12 rings (SSSR count). The Morgan fingerprint density at radius 3 is 1.60 bits per heavy atom. The number of fused-ring (bicyclic) bond motifs is 9. The molecule has 0 amide bonds. The maximum atomic E-state index is 6.54. The molecule has 6 heteroatoms. The molecule has 0 fully saturated rings. The molecule has 8 aromatic carbocycles. The van der Waals surface area contributed by atoms with E-state index in [-0.39, 0.29) is 0 Å². The molecule has 0 aliphatic rings. The van der Waals surface area contributed by atoms with Gasteiger partial charge in [0.25, 0.3) is 0 Å². The highest BCUT2D eigenvalue weighted by atomic mass is 16.3. The van der Waals surface area contributed by atoms with Crippen LogP contribution in [0.3, 0.4) is 0 Å². The van der Waals surface area contributed by atoms with E-state index in [9.17, 15) is 0 Å². The quantitative estimate of drug-likeness (QED) is 0.177. The summed E-state index contributed by atoms with van der Waals surface area (Å²) < 4.78 is 11.1. The minimum atomic E-state index is 0.540. The number of hydrogen-bond acceptors (Lipinski definition) is 4. The van der Waals surface area contributed by atoms with E-state index >= 15 is 0 Å². The average molecular weight is 730 g/mol. The molecule has 0 atom stereocenters. The molecule has 4 aromatic heterocycles. The topological polar surface area (TPSA) is 61.7 Å². The molecule has 57 heavy (non-hydrogen) atoms. The summed E-state index contributed by atoms with van der Waals surface area (Å²) in [4.78, 5) is 15.8. The van der Waals surface area contributed by atoms with E-state index in [4.69, 9.17) is 19.4 Å². The van der Waals surface area contributed by atoms with Gasteiger partial charge in [0.15, 0.2) is 11.6 Å². The molecule has 266 valence electrons. The SMILES string of the molecule is c1ccc(-c2nc(-c3cc(-c4ccccc4)c4c(c3)oc3ccccc34)nc(-n3c4ccccc4c4cc5c6ccccc6n(-c6ccccc6)c5cc43)n2)cc1. The van der Waals surface area contributed by atoms with E-state index in [2.05, 4.69) is 161 Å². The Kier molecular flexibility index (Phi) is 6.83. The lowest BCUT2D eigenvalue weighted by Gasteiger charge is -2.12. The Labute approximate surface area is 326 Å². The van der Waals surface area contributed by atoms with Crippen molar-refractivity contribution in [3.63, 3.8) is 0 Å². The van der Waals surface area contributed by atoms with Crippen LogP contribution < -0.4 is 0 Å². The van der Waals surface area contributed by atoms with Crippen LogP contribution in [0.15, 0.2) is 192 Å². The maximum Gasteiger partial charge on any atom is 0.238 e. The van der Waals surface area contributed by atoms with Gasteiger partial charge in [-0.15, -0.1) is 0 Å². The number of para-hydroxylation sites is 4. The number of benzene rings is 8. The Balaban J connectivity index is 1.17. The first-order valence-electron chi connectivity index (χ1n) is 19.1. The van der Waals surface area contributed by atoms with Crippen LogP contribution in [0, 0.1) is 0 Å². The van der Waals surface area contributed by atoms with Gasteiger partial charge < -0.3 is 8.98 Å². The summed E-state index contributed by atoms with van der Waals surface area (Å²) >= 11 is 0. The van der Waals surface area contributed by atoms with Crippen molar-refractivity contribution in [3.8, 4) is 45.5 Å². The third-order valence-electron chi connectivity index (χ3n) is 11.2. The average Bonchev–Trinajstić information content (AvgIpc) is 3.93. The van der Waals surface area contributed by atoms with Crippen molar-refractivity contribution >= 4 is 65.6 Å². The van der Waals surface area contributed by atoms with Gasteiger partial charge in [-0.05, 0) is 65.7 Å². The molecule has 4 heterocycles. The lowest BCUT2D eigenvalue weighted by Crippen LogP contribution is -2.06. The molecule has 0 radical (unpaired) electrons. The fourth-order valence-electron chi connectivity index (χ4n) is 8.64. The van der Waals surface area contributed by atoms with Crippen molar-refractivity contribution < 1.29 is 4.42 Å². The molecule has 0 aliphatic carbocycles. The van der Waals surface area contributed by atoms with Crippen LogP contribution in [0.2, 0.25) is 0 Å². The molecule has 0 unspecified atom stereocenters. The third-order valence-corrected chi connectivity index (χ3v) is 11.2. The molecular weight excluding hydrogens is 699 g/mol. The van der Waals surface area contributed by atoms with Gasteiger partial charge in [-0.3, -0.25) is 4.57 Å². The minimum Gasteiger partial charge on any atom is -0.456 e. The largest absolute Gasteiger partial charge is 0.456 e. The van der Waals surface area contributed by atoms with Gasteiger partial charge in [0.05, 0.1) is 22.1 Å². The van der Waals surface area contributed by atoms with Gasteiger partial charge in [-0.25, -0.2) is 4.98 Å². The van der Waals surface area contributed by atoms with E-state index in [0.29, 0.717) is 17.6 Å². The number of furan rings is 1. The Morgan fingerprint density at radius 1 is 0.351 bits per heavy atom. The highest BCUT2D eigenvalue weighted by Gasteiger charge is 2.22. The summed E-state index contributed by atoms with van der Waals surface area (Å²) in [5.74, 6) is 1.69. The van der Waals surface area contributed by atoms with Crippen LogP contribution >= 0.6 is 0 Å². The van der Waals surface area contributed by atoms with Crippen LogP contribution in [0.5, 0.6) is 0 Å². The monoisotopic (exact) mass is 729 g/mol. The molecule has 0 N–H and O–H groups in total. The molecule has 0 aliphatic heterocycles. The smallest absolute Gasteiger partial charge is 0.238 e.